The molecule has 3 amide bonds. The van der Waals surface area contributed by atoms with Crippen LogP contribution >= 0.6 is 0 Å². The molecule has 15 heteroatoms. The number of halogens is 3. The van der Waals surface area contributed by atoms with Gasteiger partial charge in [0.2, 0.25) is 0 Å². The molecule has 1 aliphatic heterocycles. The highest BCUT2D eigenvalue weighted by atomic mass is 32.2. The van der Waals surface area contributed by atoms with Gasteiger partial charge >= 0.3 is 11.5 Å². The number of urea groups is 1. The number of benzene rings is 1. The molecule has 178 valence electrons. The minimum absolute atomic E-state index is 0.0346. The number of anilines is 1. The number of aromatic nitrogens is 5. The van der Waals surface area contributed by atoms with Gasteiger partial charge in [0.1, 0.15) is 5.54 Å². The topological polar surface area (TPSA) is 142 Å². The number of sulfone groups is 1. The average Bonchev–Trinajstić information content (AvgIpc) is 3.36. The fourth-order valence-corrected chi connectivity index (χ4v) is 4.22. The molecule has 34 heavy (non-hydrogen) atoms. The third kappa shape index (κ3) is 3.67. The van der Waals surface area contributed by atoms with E-state index in [-0.39, 0.29) is 12.2 Å². The Hall–Kier alpha value is -3.88. The van der Waals surface area contributed by atoms with Gasteiger partial charge in [0.05, 0.1) is 10.6 Å². The van der Waals surface area contributed by atoms with Crippen molar-refractivity contribution in [2.75, 3.05) is 4.90 Å². The van der Waals surface area contributed by atoms with Crippen LogP contribution < -0.4 is 4.90 Å². The maximum absolute atomic E-state index is 13.2. The number of tetrazole rings is 1. The number of nitrogens with zero attached hydrogens (tertiary/aromatic N) is 6. The summed E-state index contributed by atoms with van der Waals surface area (Å²) in [5.41, 5.74) is -5.79. The summed E-state index contributed by atoms with van der Waals surface area (Å²) in [6.07, 6.45) is 2.99. The number of alkyl halides is 3. The standard InChI is InChI=1S/C19H16F3N7O4S/c1-18(2)16(30)29(12-3-5-13(6-4-12)34(32,33)19(20,21)22)17(31)28(18)10-11-7-8-23-9-14(11)15-24-26-27-25-15/h3-9H,10H2,1-2H3,(H,24,25,26,27). The number of rotatable bonds is 5. The summed E-state index contributed by atoms with van der Waals surface area (Å²) in [7, 11) is -5.57. The molecular weight excluding hydrogens is 479 g/mol. The van der Waals surface area contributed by atoms with Crippen LogP contribution in [0.1, 0.15) is 19.4 Å². The molecule has 0 unspecified atom stereocenters. The van der Waals surface area contributed by atoms with Crippen LogP contribution in [0, 0.1) is 0 Å². The predicted molar refractivity (Wildman–Crippen MR) is 110 cm³/mol. The molecule has 1 fully saturated rings. The number of nitrogens with one attached hydrogen (secondary N) is 1. The van der Waals surface area contributed by atoms with Gasteiger partial charge in [-0.3, -0.25) is 9.78 Å². The van der Waals surface area contributed by atoms with Crippen LogP contribution in [0.3, 0.4) is 0 Å². The zero-order chi connectivity index (χ0) is 24.9. The fourth-order valence-electron chi connectivity index (χ4n) is 3.45. The molecule has 1 N–H and O–H groups in total. The molecule has 11 nitrogen and oxygen atoms in total. The number of carbonyl (C=O) groups excluding carboxylic acids is 2. The highest BCUT2D eigenvalue weighted by Gasteiger charge is 2.52. The lowest BCUT2D eigenvalue weighted by molar-refractivity contribution is -0.123. The second kappa shape index (κ2) is 7.86. The molecule has 0 spiro atoms. The number of hydrogen-bond donors (Lipinski definition) is 1. The molecule has 1 saturated heterocycles. The van der Waals surface area contributed by atoms with E-state index in [0.29, 0.717) is 29.1 Å². The number of imide groups is 1. The van der Waals surface area contributed by atoms with Crippen LogP contribution in [0.2, 0.25) is 0 Å². The van der Waals surface area contributed by atoms with Gasteiger partial charge in [0.15, 0.2) is 5.82 Å². The van der Waals surface area contributed by atoms with Crippen LogP contribution in [-0.2, 0) is 21.2 Å². The van der Waals surface area contributed by atoms with E-state index < -0.39 is 37.7 Å². The van der Waals surface area contributed by atoms with Crippen molar-refractivity contribution in [3.05, 3.63) is 48.3 Å². The lowest BCUT2D eigenvalue weighted by Crippen LogP contribution is -2.43. The van der Waals surface area contributed by atoms with E-state index in [1.54, 1.807) is 6.07 Å². The van der Waals surface area contributed by atoms with Crippen molar-refractivity contribution in [3.8, 4) is 11.4 Å². The molecule has 0 bridgehead atoms. The monoisotopic (exact) mass is 495 g/mol. The van der Waals surface area contributed by atoms with E-state index in [0.717, 1.165) is 17.0 Å². The van der Waals surface area contributed by atoms with Crippen molar-refractivity contribution in [2.45, 2.75) is 36.3 Å². The minimum atomic E-state index is -5.57. The largest absolute Gasteiger partial charge is 0.501 e. The summed E-state index contributed by atoms with van der Waals surface area (Å²) in [5.74, 6) is -0.335. The molecule has 1 aliphatic rings. The van der Waals surface area contributed by atoms with Crippen LogP contribution in [0.4, 0.5) is 23.7 Å². The normalized spacial score (nSPS) is 16.4. The fraction of sp³-hybridized carbons (Fsp3) is 0.263. The quantitative estimate of drug-likeness (QED) is 0.532. The van der Waals surface area contributed by atoms with Crippen LogP contribution in [0.5, 0.6) is 0 Å². The first-order valence-corrected chi connectivity index (χ1v) is 11.1. The summed E-state index contributed by atoms with van der Waals surface area (Å²) in [4.78, 5) is 31.4. The zero-order valence-electron chi connectivity index (χ0n) is 17.6. The van der Waals surface area contributed by atoms with E-state index in [9.17, 15) is 31.2 Å². The Morgan fingerprint density at radius 2 is 1.76 bits per heavy atom. The summed E-state index contributed by atoms with van der Waals surface area (Å²) in [6.45, 7) is 3.01. The molecule has 0 atom stereocenters. The highest BCUT2D eigenvalue weighted by molar-refractivity contribution is 7.92. The van der Waals surface area contributed by atoms with E-state index in [1.165, 1.54) is 31.1 Å². The third-order valence-electron chi connectivity index (χ3n) is 5.37. The molecule has 0 saturated carbocycles. The summed E-state index contributed by atoms with van der Waals surface area (Å²) < 4.78 is 61.6. The lowest BCUT2D eigenvalue weighted by Gasteiger charge is -2.28. The SMILES string of the molecule is CC1(C)C(=O)N(c2ccc(S(=O)(=O)C(F)(F)F)cc2)C(=O)N1Cc1ccncc1-c1nnn[nH]1. The minimum Gasteiger partial charge on any atom is -0.305 e. The Labute approximate surface area is 190 Å². The number of hydrogen-bond acceptors (Lipinski definition) is 8. The predicted octanol–water partition coefficient (Wildman–Crippen LogP) is 2.30. The molecule has 3 heterocycles. The number of H-pyrrole nitrogens is 1. The smallest absolute Gasteiger partial charge is 0.305 e. The van der Waals surface area contributed by atoms with Crippen molar-refractivity contribution in [1.82, 2.24) is 30.5 Å². The first kappa shape index (κ1) is 23.3. The van der Waals surface area contributed by atoms with E-state index in [4.69, 9.17) is 0 Å². The third-order valence-corrected chi connectivity index (χ3v) is 6.88. The molecule has 2 aromatic heterocycles. The van der Waals surface area contributed by atoms with Crippen molar-refractivity contribution >= 4 is 27.5 Å². The van der Waals surface area contributed by atoms with Crippen molar-refractivity contribution in [3.63, 3.8) is 0 Å². The van der Waals surface area contributed by atoms with E-state index in [1.807, 2.05) is 0 Å². The van der Waals surface area contributed by atoms with Gasteiger partial charge in [-0.15, -0.1) is 5.10 Å². The Bertz CT molecular complexity index is 1360. The summed E-state index contributed by atoms with van der Waals surface area (Å²) in [6, 6.07) is 4.25. The van der Waals surface area contributed by atoms with Crippen LogP contribution in [-0.4, -0.2) is 61.9 Å². The molecule has 1 aromatic carbocycles. The highest BCUT2D eigenvalue weighted by Crippen LogP contribution is 2.36. The van der Waals surface area contributed by atoms with Gasteiger partial charge in [0, 0.05) is 24.5 Å². The van der Waals surface area contributed by atoms with Gasteiger partial charge < -0.3 is 4.90 Å². The number of pyridine rings is 1. The molecule has 4 rings (SSSR count). The Morgan fingerprint density at radius 1 is 1.09 bits per heavy atom. The maximum atomic E-state index is 13.2. The van der Waals surface area contributed by atoms with Crippen molar-refractivity contribution in [1.29, 1.82) is 0 Å². The van der Waals surface area contributed by atoms with Gasteiger partial charge in [0.25, 0.3) is 15.7 Å². The van der Waals surface area contributed by atoms with Gasteiger partial charge in [-0.1, -0.05) is 0 Å². The van der Waals surface area contributed by atoms with Crippen molar-refractivity contribution < 1.29 is 31.2 Å². The molecule has 0 aliphatic carbocycles. The average molecular weight is 495 g/mol. The lowest BCUT2D eigenvalue weighted by atomic mass is 10.0. The summed E-state index contributed by atoms with van der Waals surface area (Å²) >= 11 is 0. The van der Waals surface area contributed by atoms with E-state index >= 15 is 0 Å². The van der Waals surface area contributed by atoms with Gasteiger partial charge in [-0.2, -0.15) is 13.2 Å². The summed E-state index contributed by atoms with van der Waals surface area (Å²) in [5, 5.41) is 13.5. The Kier molecular flexibility index (Phi) is 5.38. The van der Waals surface area contributed by atoms with Gasteiger partial charge in [-0.05, 0) is 60.2 Å². The first-order valence-electron chi connectivity index (χ1n) is 9.60. The van der Waals surface area contributed by atoms with E-state index in [2.05, 4.69) is 25.6 Å². The molecular formula is C19H16F3N7O4S. The first-order chi connectivity index (χ1) is 15.9. The van der Waals surface area contributed by atoms with Gasteiger partial charge in [-0.25, -0.2) is 23.2 Å². The van der Waals surface area contributed by atoms with Crippen molar-refractivity contribution in [2.24, 2.45) is 0 Å². The number of amides is 3. The van der Waals surface area contributed by atoms with Crippen LogP contribution in [0.25, 0.3) is 11.4 Å². The zero-order valence-corrected chi connectivity index (χ0v) is 18.4. The Morgan fingerprint density at radius 3 is 2.35 bits per heavy atom. The number of aromatic amines is 1. The number of carbonyl (C=O) groups is 2. The molecule has 0 radical (unpaired) electrons. The molecule has 3 aromatic rings. The maximum Gasteiger partial charge on any atom is 0.501 e. The van der Waals surface area contributed by atoms with Crippen LogP contribution in [0.15, 0.2) is 47.6 Å². The Balaban J connectivity index is 1.66. The second-order valence-corrected chi connectivity index (χ2v) is 9.74. The second-order valence-electron chi connectivity index (χ2n) is 7.79.